The second-order valence-corrected chi connectivity index (χ2v) is 4.08. The summed E-state index contributed by atoms with van der Waals surface area (Å²) in [5.41, 5.74) is 2.96. The van der Waals surface area contributed by atoms with Crippen LogP contribution in [0.5, 0.6) is 5.75 Å². The number of ether oxygens (including phenoxy) is 2. The smallest absolute Gasteiger partial charge is 0.333 e. The van der Waals surface area contributed by atoms with Crippen molar-refractivity contribution in [1.82, 2.24) is 0 Å². The molecule has 1 rings (SSSR count). The Balaban J connectivity index is 2.68. The largest absolute Gasteiger partial charge is 0.489 e. The molecule has 18 heavy (non-hydrogen) atoms. The van der Waals surface area contributed by atoms with E-state index in [1.165, 1.54) is 12.7 Å². The molecule has 0 aliphatic heterocycles. The van der Waals surface area contributed by atoms with Crippen LogP contribution in [0.4, 0.5) is 0 Å². The molecule has 0 aromatic heterocycles. The normalized spacial score (nSPS) is 11.2. The van der Waals surface area contributed by atoms with Crippen LogP contribution in [0.3, 0.4) is 0 Å². The number of methoxy groups -OCH3 is 1. The van der Waals surface area contributed by atoms with Crippen LogP contribution in [-0.2, 0) is 9.53 Å². The summed E-state index contributed by atoms with van der Waals surface area (Å²) in [6.07, 6.45) is 2.41. The molecule has 0 heterocycles. The van der Waals surface area contributed by atoms with Crippen LogP contribution in [-0.4, -0.2) is 19.7 Å². The van der Waals surface area contributed by atoms with Crippen LogP contribution < -0.4 is 4.74 Å². The topological polar surface area (TPSA) is 35.5 Å². The highest BCUT2D eigenvalue weighted by atomic mass is 16.5. The van der Waals surface area contributed by atoms with Gasteiger partial charge in [-0.2, -0.15) is 0 Å². The van der Waals surface area contributed by atoms with Gasteiger partial charge in [0.15, 0.2) is 0 Å². The number of benzene rings is 1. The van der Waals surface area contributed by atoms with Crippen LogP contribution in [0.2, 0.25) is 0 Å². The van der Waals surface area contributed by atoms with E-state index in [-0.39, 0.29) is 5.97 Å². The minimum atomic E-state index is -0.290. The maximum Gasteiger partial charge on any atom is 0.333 e. The van der Waals surface area contributed by atoms with Crippen LogP contribution in [0.15, 0.2) is 29.8 Å². The van der Waals surface area contributed by atoms with Gasteiger partial charge in [-0.25, -0.2) is 4.79 Å². The Morgan fingerprint density at radius 3 is 2.67 bits per heavy atom. The van der Waals surface area contributed by atoms with Gasteiger partial charge in [0.05, 0.1) is 7.11 Å². The summed E-state index contributed by atoms with van der Waals surface area (Å²) in [6.45, 7) is 6.36. The van der Waals surface area contributed by atoms with E-state index >= 15 is 0 Å². The Morgan fingerprint density at radius 2 is 2.06 bits per heavy atom. The lowest BCUT2D eigenvalue weighted by molar-refractivity contribution is -0.136. The molecule has 0 fully saturated rings. The number of rotatable bonds is 5. The summed E-state index contributed by atoms with van der Waals surface area (Å²) in [7, 11) is 1.39. The molecule has 0 saturated carbocycles. The lowest BCUT2D eigenvalue weighted by Crippen LogP contribution is -2.06. The van der Waals surface area contributed by atoms with Gasteiger partial charge in [-0.15, -0.1) is 0 Å². The average molecular weight is 248 g/mol. The summed E-state index contributed by atoms with van der Waals surface area (Å²) in [6, 6.07) is 5.94. The van der Waals surface area contributed by atoms with Crippen LogP contribution in [0, 0.1) is 13.8 Å². The molecule has 3 nitrogen and oxygen atoms in total. The SMILES string of the molecule is CCC(=CCOc1cccc(C)c1C)C(=O)OC. The van der Waals surface area contributed by atoms with Crippen LogP contribution >= 0.6 is 0 Å². The van der Waals surface area contributed by atoms with Crippen molar-refractivity contribution in [2.75, 3.05) is 13.7 Å². The summed E-state index contributed by atoms with van der Waals surface area (Å²) in [4.78, 5) is 11.4. The van der Waals surface area contributed by atoms with Crippen molar-refractivity contribution in [3.63, 3.8) is 0 Å². The maximum absolute atomic E-state index is 11.4. The van der Waals surface area contributed by atoms with E-state index < -0.39 is 0 Å². The molecule has 0 spiro atoms. The van der Waals surface area contributed by atoms with Gasteiger partial charge in [0, 0.05) is 5.57 Å². The van der Waals surface area contributed by atoms with E-state index in [9.17, 15) is 4.79 Å². The third-order valence-electron chi connectivity index (χ3n) is 2.95. The Morgan fingerprint density at radius 1 is 1.33 bits per heavy atom. The second kappa shape index (κ2) is 6.84. The standard InChI is InChI=1S/C15H20O3/c1-5-13(15(16)17-4)9-10-18-14-8-6-7-11(2)12(14)3/h6-9H,5,10H2,1-4H3. The highest BCUT2D eigenvalue weighted by Crippen LogP contribution is 2.20. The number of aryl methyl sites for hydroxylation is 1. The van der Waals surface area contributed by atoms with E-state index in [1.54, 1.807) is 6.08 Å². The first-order valence-corrected chi connectivity index (χ1v) is 6.06. The van der Waals surface area contributed by atoms with Crippen molar-refractivity contribution in [1.29, 1.82) is 0 Å². The Hall–Kier alpha value is -1.77. The molecule has 0 unspecified atom stereocenters. The molecular weight excluding hydrogens is 228 g/mol. The Bertz CT molecular complexity index is 447. The van der Waals surface area contributed by atoms with Gasteiger partial charge >= 0.3 is 5.97 Å². The number of hydrogen-bond donors (Lipinski definition) is 0. The predicted molar refractivity (Wildman–Crippen MR) is 71.8 cm³/mol. The molecule has 3 heteroatoms. The Kier molecular flexibility index (Phi) is 5.43. The summed E-state index contributed by atoms with van der Waals surface area (Å²) < 4.78 is 10.3. The molecule has 0 saturated heterocycles. The lowest BCUT2D eigenvalue weighted by Gasteiger charge is -2.09. The lowest BCUT2D eigenvalue weighted by atomic mass is 10.1. The van der Waals surface area contributed by atoms with Crippen molar-refractivity contribution >= 4 is 5.97 Å². The van der Waals surface area contributed by atoms with Gasteiger partial charge in [-0.1, -0.05) is 19.1 Å². The third-order valence-corrected chi connectivity index (χ3v) is 2.95. The summed E-state index contributed by atoms with van der Waals surface area (Å²) >= 11 is 0. The number of carbonyl (C=O) groups is 1. The van der Waals surface area contributed by atoms with Crippen molar-refractivity contribution in [2.45, 2.75) is 27.2 Å². The van der Waals surface area contributed by atoms with Gasteiger partial charge in [0.2, 0.25) is 0 Å². The van der Waals surface area contributed by atoms with Crippen LogP contribution in [0.25, 0.3) is 0 Å². The van der Waals surface area contributed by atoms with E-state index in [1.807, 2.05) is 39.0 Å². The molecule has 1 aromatic carbocycles. The first-order valence-electron chi connectivity index (χ1n) is 6.06. The zero-order chi connectivity index (χ0) is 13.5. The fourth-order valence-corrected chi connectivity index (χ4v) is 1.62. The highest BCUT2D eigenvalue weighted by Gasteiger charge is 2.06. The fraction of sp³-hybridized carbons (Fsp3) is 0.400. The monoisotopic (exact) mass is 248 g/mol. The zero-order valence-corrected chi connectivity index (χ0v) is 11.4. The zero-order valence-electron chi connectivity index (χ0n) is 11.4. The van der Waals surface area contributed by atoms with E-state index in [0.717, 1.165) is 11.3 Å². The molecule has 98 valence electrons. The average Bonchev–Trinajstić information content (AvgIpc) is 2.38. The second-order valence-electron chi connectivity index (χ2n) is 4.08. The molecular formula is C15H20O3. The molecule has 0 atom stereocenters. The number of carbonyl (C=O) groups excluding carboxylic acids is 1. The number of hydrogen-bond acceptors (Lipinski definition) is 3. The predicted octanol–water partition coefficient (Wildman–Crippen LogP) is 3.19. The highest BCUT2D eigenvalue weighted by molar-refractivity contribution is 5.88. The van der Waals surface area contributed by atoms with Gasteiger partial charge in [0.25, 0.3) is 0 Å². The molecule has 0 bridgehead atoms. The molecule has 0 aliphatic rings. The van der Waals surface area contributed by atoms with E-state index in [0.29, 0.717) is 18.6 Å². The molecule has 1 aromatic rings. The quantitative estimate of drug-likeness (QED) is 0.593. The molecule has 0 amide bonds. The first-order chi connectivity index (χ1) is 8.60. The van der Waals surface area contributed by atoms with E-state index in [2.05, 4.69) is 4.74 Å². The van der Waals surface area contributed by atoms with Crippen molar-refractivity contribution < 1.29 is 14.3 Å². The summed E-state index contributed by atoms with van der Waals surface area (Å²) in [5, 5.41) is 0. The van der Waals surface area contributed by atoms with Crippen molar-refractivity contribution in [3.05, 3.63) is 41.0 Å². The van der Waals surface area contributed by atoms with Gasteiger partial charge in [0.1, 0.15) is 12.4 Å². The minimum Gasteiger partial charge on any atom is -0.489 e. The minimum absolute atomic E-state index is 0.290. The molecule has 0 aliphatic carbocycles. The van der Waals surface area contributed by atoms with Crippen LogP contribution in [0.1, 0.15) is 24.5 Å². The number of esters is 1. The van der Waals surface area contributed by atoms with Crippen molar-refractivity contribution in [3.8, 4) is 5.75 Å². The molecule has 0 N–H and O–H groups in total. The Labute approximate surface area is 108 Å². The van der Waals surface area contributed by atoms with Gasteiger partial charge in [-0.3, -0.25) is 0 Å². The van der Waals surface area contributed by atoms with Crippen molar-refractivity contribution in [2.24, 2.45) is 0 Å². The fourth-order valence-electron chi connectivity index (χ4n) is 1.62. The van der Waals surface area contributed by atoms with E-state index in [4.69, 9.17) is 4.74 Å². The summed E-state index contributed by atoms with van der Waals surface area (Å²) in [5.74, 6) is 0.564. The third kappa shape index (κ3) is 3.62. The maximum atomic E-state index is 11.4. The molecule has 0 radical (unpaired) electrons. The first kappa shape index (κ1) is 14.3. The van der Waals surface area contributed by atoms with Gasteiger partial charge in [-0.05, 0) is 43.5 Å². The van der Waals surface area contributed by atoms with Gasteiger partial charge < -0.3 is 9.47 Å².